The Balaban J connectivity index is 2.00. The molecule has 116 valence electrons. The number of rotatable bonds is 4. The standard InChI is InChI=1S/C14H14ClN3O4/c1-16(7-9-3-5-10(15)6-4-9)11(19)8-18-13(21)12(20)17(2)14(18)22/h3-6H,7-8H2,1-2H3. The predicted molar refractivity (Wildman–Crippen MR) is 77.8 cm³/mol. The smallest absolute Gasteiger partial charge is 0.334 e. The van der Waals surface area contributed by atoms with Crippen LogP contribution in [0.1, 0.15) is 5.56 Å². The Kier molecular flexibility index (Phi) is 4.46. The first-order valence-electron chi connectivity index (χ1n) is 6.43. The van der Waals surface area contributed by atoms with Crippen LogP contribution in [0.5, 0.6) is 0 Å². The number of hydrogen-bond acceptors (Lipinski definition) is 4. The van der Waals surface area contributed by atoms with Gasteiger partial charge in [-0.15, -0.1) is 0 Å². The predicted octanol–water partition coefficient (Wildman–Crippen LogP) is 0.719. The molecule has 0 N–H and O–H groups in total. The van der Waals surface area contributed by atoms with Gasteiger partial charge in [-0.1, -0.05) is 23.7 Å². The first-order chi connectivity index (χ1) is 10.3. The van der Waals surface area contributed by atoms with E-state index >= 15 is 0 Å². The minimum absolute atomic E-state index is 0.302. The number of imide groups is 2. The number of likely N-dealkylation sites (N-methyl/N-ethyl adjacent to an activating group) is 2. The third-order valence-corrected chi connectivity index (χ3v) is 3.55. The molecule has 1 aliphatic rings. The van der Waals surface area contributed by atoms with E-state index in [-0.39, 0.29) is 0 Å². The van der Waals surface area contributed by atoms with Gasteiger partial charge >= 0.3 is 17.8 Å². The van der Waals surface area contributed by atoms with Crippen LogP contribution in [0.15, 0.2) is 24.3 Å². The topological polar surface area (TPSA) is 78.0 Å². The SMILES string of the molecule is CN(Cc1ccc(Cl)cc1)C(=O)CN1C(=O)C(=O)N(C)C1=O. The Labute approximate surface area is 132 Å². The highest BCUT2D eigenvalue weighted by atomic mass is 35.5. The quantitative estimate of drug-likeness (QED) is 0.604. The molecule has 0 spiro atoms. The summed E-state index contributed by atoms with van der Waals surface area (Å²) in [4.78, 5) is 49.5. The molecule has 1 aromatic rings. The zero-order valence-corrected chi connectivity index (χ0v) is 12.8. The van der Waals surface area contributed by atoms with Crippen molar-refractivity contribution < 1.29 is 19.2 Å². The van der Waals surface area contributed by atoms with Crippen molar-refractivity contribution >= 4 is 35.4 Å². The molecule has 0 bridgehead atoms. The summed E-state index contributed by atoms with van der Waals surface area (Å²) >= 11 is 5.78. The lowest BCUT2D eigenvalue weighted by Gasteiger charge is -2.20. The number of halogens is 1. The van der Waals surface area contributed by atoms with Crippen molar-refractivity contribution in [3.63, 3.8) is 0 Å². The van der Waals surface area contributed by atoms with Crippen LogP contribution < -0.4 is 0 Å². The third kappa shape index (κ3) is 3.09. The van der Waals surface area contributed by atoms with Crippen LogP contribution in [0.3, 0.4) is 0 Å². The maximum Gasteiger partial charge on any atom is 0.334 e. The van der Waals surface area contributed by atoms with Gasteiger partial charge in [0.05, 0.1) is 0 Å². The summed E-state index contributed by atoms with van der Waals surface area (Å²) in [6.45, 7) is -0.159. The van der Waals surface area contributed by atoms with Crippen LogP contribution in [0.25, 0.3) is 0 Å². The van der Waals surface area contributed by atoms with Crippen molar-refractivity contribution in [2.24, 2.45) is 0 Å². The molecule has 1 fully saturated rings. The van der Waals surface area contributed by atoms with Gasteiger partial charge < -0.3 is 4.90 Å². The molecule has 0 aliphatic carbocycles. The molecular weight excluding hydrogens is 310 g/mol. The molecule has 0 saturated carbocycles. The summed E-state index contributed by atoms with van der Waals surface area (Å²) in [5.41, 5.74) is 0.854. The van der Waals surface area contributed by atoms with E-state index in [1.807, 2.05) is 0 Å². The number of carbonyl (C=O) groups excluding carboxylic acids is 4. The number of carbonyl (C=O) groups is 4. The van der Waals surface area contributed by atoms with E-state index < -0.39 is 30.3 Å². The second-order valence-electron chi connectivity index (χ2n) is 4.91. The maximum atomic E-state index is 12.1. The molecular formula is C14H14ClN3O4. The molecule has 2 rings (SSSR count). The fourth-order valence-electron chi connectivity index (χ4n) is 1.96. The van der Waals surface area contributed by atoms with Crippen molar-refractivity contribution in [3.05, 3.63) is 34.9 Å². The summed E-state index contributed by atoms with van der Waals surface area (Å²) in [5, 5.41) is 0.590. The van der Waals surface area contributed by atoms with Gasteiger partial charge in [-0.25, -0.2) is 9.69 Å². The molecule has 1 aromatic carbocycles. The van der Waals surface area contributed by atoms with Gasteiger partial charge in [-0.05, 0) is 17.7 Å². The van der Waals surface area contributed by atoms with E-state index in [2.05, 4.69) is 0 Å². The van der Waals surface area contributed by atoms with E-state index in [0.29, 0.717) is 21.4 Å². The second-order valence-corrected chi connectivity index (χ2v) is 5.35. The summed E-state index contributed by atoms with van der Waals surface area (Å²) in [5.74, 6) is -2.36. The van der Waals surface area contributed by atoms with Gasteiger partial charge in [0.2, 0.25) is 5.91 Å². The highest BCUT2D eigenvalue weighted by Crippen LogP contribution is 2.13. The Hall–Kier alpha value is -2.41. The van der Waals surface area contributed by atoms with Gasteiger partial charge in [0, 0.05) is 25.7 Å². The van der Waals surface area contributed by atoms with E-state index in [1.165, 1.54) is 11.9 Å². The van der Waals surface area contributed by atoms with Gasteiger partial charge in [-0.2, -0.15) is 0 Å². The van der Waals surface area contributed by atoms with E-state index in [4.69, 9.17) is 11.6 Å². The summed E-state index contributed by atoms with van der Waals surface area (Å²) < 4.78 is 0. The fraction of sp³-hybridized carbons (Fsp3) is 0.286. The first-order valence-corrected chi connectivity index (χ1v) is 6.81. The number of hydrogen-bond donors (Lipinski definition) is 0. The first kappa shape index (κ1) is 16.0. The molecule has 0 radical (unpaired) electrons. The Bertz CT molecular complexity index is 644. The van der Waals surface area contributed by atoms with Crippen molar-refractivity contribution in [3.8, 4) is 0 Å². The zero-order valence-electron chi connectivity index (χ0n) is 12.1. The summed E-state index contributed by atoms with van der Waals surface area (Å²) in [6.07, 6.45) is 0. The van der Waals surface area contributed by atoms with Crippen molar-refractivity contribution in [2.45, 2.75) is 6.54 Å². The van der Waals surface area contributed by atoms with Crippen LogP contribution in [0, 0.1) is 0 Å². The minimum Gasteiger partial charge on any atom is -0.340 e. The average Bonchev–Trinajstić information content (AvgIpc) is 2.67. The molecule has 0 unspecified atom stereocenters. The molecule has 0 aromatic heterocycles. The number of nitrogens with zero attached hydrogens (tertiary/aromatic N) is 3. The van der Waals surface area contributed by atoms with Gasteiger partial charge in [0.1, 0.15) is 6.54 Å². The fourth-order valence-corrected chi connectivity index (χ4v) is 2.09. The van der Waals surface area contributed by atoms with Gasteiger partial charge in [-0.3, -0.25) is 19.3 Å². The minimum atomic E-state index is -0.985. The van der Waals surface area contributed by atoms with Crippen molar-refractivity contribution in [1.82, 2.24) is 14.7 Å². The summed E-state index contributed by atoms with van der Waals surface area (Å²) in [6, 6.07) is 6.17. The molecule has 1 aliphatic heterocycles. The molecule has 1 saturated heterocycles. The van der Waals surface area contributed by atoms with E-state index in [1.54, 1.807) is 31.3 Å². The number of urea groups is 1. The average molecular weight is 324 g/mol. The lowest BCUT2D eigenvalue weighted by molar-refractivity contribution is -0.144. The van der Waals surface area contributed by atoms with Crippen molar-refractivity contribution in [2.75, 3.05) is 20.6 Å². The highest BCUT2D eigenvalue weighted by Gasteiger charge is 2.43. The monoisotopic (exact) mass is 323 g/mol. The number of benzene rings is 1. The number of amides is 5. The molecule has 7 nitrogen and oxygen atoms in total. The second kappa shape index (κ2) is 6.15. The third-order valence-electron chi connectivity index (χ3n) is 3.30. The Morgan fingerprint density at radius 2 is 1.73 bits per heavy atom. The van der Waals surface area contributed by atoms with Crippen LogP contribution in [-0.2, 0) is 20.9 Å². The molecule has 1 heterocycles. The molecule has 5 amide bonds. The Morgan fingerprint density at radius 3 is 2.23 bits per heavy atom. The van der Waals surface area contributed by atoms with E-state index in [9.17, 15) is 19.2 Å². The van der Waals surface area contributed by atoms with Crippen LogP contribution in [0.4, 0.5) is 4.79 Å². The Morgan fingerprint density at radius 1 is 1.14 bits per heavy atom. The van der Waals surface area contributed by atoms with Crippen LogP contribution in [0.2, 0.25) is 5.02 Å². The lowest BCUT2D eigenvalue weighted by Crippen LogP contribution is -2.41. The van der Waals surface area contributed by atoms with Gasteiger partial charge in [0.15, 0.2) is 0 Å². The summed E-state index contributed by atoms with van der Waals surface area (Å²) in [7, 11) is 2.75. The molecule has 8 heteroatoms. The zero-order chi connectivity index (χ0) is 16.4. The molecule has 22 heavy (non-hydrogen) atoms. The normalized spacial score (nSPS) is 14.8. The maximum absolute atomic E-state index is 12.1. The van der Waals surface area contributed by atoms with Crippen molar-refractivity contribution in [1.29, 1.82) is 0 Å². The largest absolute Gasteiger partial charge is 0.340 e. The van der Waals surface area contributed by atoms with E-state index in [0.717, 1.165) is 5.56 Å². The lowest BCUT2D eigenvalue weighted by atomic mass is 10.2. The molecule has 0 atom stereocenters. The van der Waals surface area contributed by atoms with Crippen LogP contribution >= 0.6 is 11.6 Å². The van der Waals surface area contributed by atoms with Crippen LogP contribution in [-0.4, -0.2) is 59.1 Å². The highest BCUT2D eigenvalue weighted by molar-refractivity contribution is 6.44. The van der Waals surface area contributed by atoms with Gasteiger partial charge in [0.25, 0.3) is 0 Å².